The van der Waals surface area contributed by atoms with Gasteiger partial charge in [0.25, 0.3) is 0 Å². The Balaban J connectivity index is 2.17. The lowest BCUT2D eigenvalue weighted by Crippen LogP contribution is -2.43. The fourth-order valence-electron chi connectivity index (χ4n) is 1.85. The van der Waals surface area contributed by atoms with E-state index in [0.29, 0.717) is 12.3 Å². The van der Waals surface area contributed by atoms with E-state index < -0.39 is 0 Å². The van der Waals surface area contributed by atoms with Gasteiger partial charge in [0.15, 0.2) is 0 Å². The highest BCUT2D eigenvalue weighted by Gasteiger charge is 2.23. The van der Waals surface area contributed by atoms with E-state index in [4.69, 9.17) is 10.9 Å². The monoisotopic (exact) mass is 215 g/mol. The number of nitrogens with zero attached hydrogens (tertiary/aromatic N) is 2. The first-order valence-corrected chi connectivity index (χ1v) is 5.50. The Labute approximate surface area is 90.6 Å². The van der Waals surface area contributed by atoms with E-state index in [-0.39, 0.29) is 11.9 Å². The molecule has 0 amide bonds. The Morgan fingerprint density at radius 1 is 1.60 bits per heavy atom. The lowest BCUT2D eigenvalue weighted by Gasteiger charge is -2.34. The van der Waals surface area contributed by atoms with Gasteiger partial charge in [0.05, 0.1) is 6.10 Å². The van der Waals surface area contributed by atoms with Crippen molar-refractivity contribution < 1.29 is 10.3 Å². The van der Waals surface area contributed by atoms with Crippen LogP contribution in [0.5, 0.6) is 0 Å². The molecule has 2 unspecified atom stereocenters. The molecule has 1 fully saturated rings. The van der Waals surface area contributed by atoms with Crippen molar-refractivity contribution in [2.24, 2.45) is 16.8 Å². The summed E-state index contributed by atoms with van der Waals surface area (Å²) in [5, 5.41) is 21.0. The average molecular weight is 215 g/mol. The van der Waals surface area contributed by atoms with Crippen LogP contribution in [0.15, 0.2) is 5.16 Å². The number of amidine groups is 1. The molecule has 5 nitrogen and oxygen atoms in total. The first-order valence-electron chi connectivity index (χ1n) is 5.50. The lowest BCUT2D eigenvalue weighted by molar-refractivity contribution is 0.0291. The maximum atomic E-state index is 9.67. The van der Waals surface area contributed by atoms with Gasteiger partial charge < -0.3 is 20.9 Å². The van der Waals surface area contributed by atoms with Crippen molar-refractivity contribution in [1.82, 2.24) is 4.90 Å². The molecular weight excluding hydrogens is 194 g/mol. The third-order valence-electron chi connectivity index (χ3n) is 3.04. The van der Waals surface area contributed by atoms with Crippen molar-refractivity contribution in [1.29, 1.82) is 0 Å². The largest absolute Gasteiger partial charge is 0.409 e. The second-order valence-electron chi connectivity index (χ2n) is 4.33. The summed E-state index contributed by atoms with van der Waals surface area (Å²) in [5.41, 5.74) is 5.37. The van der Waals surface area contributed by atoms with Crippen LogP contribution in [0.25, 0.3) is 0 Å². The van der Waals surface area contributed by atoms with Gasteiger partial charge in [-0.3, -0.25) is 0 Å². The summed E-state index contributed by atoms with van der Waals surface area (Å²) in [6.07, 6.45) is 2.32. The summed E-state index contributed by atoms with van der Waals surface area (Å²) >= 11 is 0. The number of piperidine rings is 1. The zero-order chi connectivity index (χ0) is 11.3. The Hall–Kier alpha value is -0.810. The van der Waals surface area contributed by atoms with Gasteiger partial charge in [-0.25, -0.2) is 0 Å². The van der Waals surface area contributed by atoms with E-state index >= 15 is 0 Å². The molecule has 0 aliphatic carbocycles. The van der Waals surface area contributed by atoms with Crippen molar-refractivity contribution in [2.45, 2.75) is 32.3 Å². The van der Waals surface area contributed by atoms with Crippen LogP contribution in [-0.4, -0.2) is 46.8 Å². The minimum Gasteiger partial charge on any atom is -0.409 e. The molecule has 0 spiro atoms. The second kappa shape index (κ2) is 5.92. The molecule has 4 N–H and O–H groups in total. The van der Waals surface area contributed by atoms with Crippen LogP contribution in [0.1, 0.15) is 26.2 Å². The molecule has 0 aromatic heterocycles. The molecule has 1 saturated heterocycles. The van der Waals surface area contributed by atoms with Gasteiger partial charge in [-0.2, -0.15) is 0 Å². The van der Waals surface area contributed by atoms with Crippen molar-refractivity contribution in [3.05, 3.63) is 0 Å². The maximum Gasteiger partial charge on any atom is 0.139 e. The molecule has 1 rings (SSSR count). The van der Waals surface area contributed by atoms with Crippen LogP contribution in [0.4, 0.5) is 0 Å². The Morgan fingerprint density at radius 2 is 2.33 bits per heavy atom. The highest BCUT2D eigenvalue weighted by molar-refractivity contribution is 5.79. The van der Waals surface area contributed by atoms with E-state index in [0.717, 1.165) is 32.5 Å². The van der Waals surface area contributed by atoms with Gasteiger partial charge in [-0.05, 0) is 31.8 Å². The highest BCUT2D eigenvalue weighted by Crippen LogP contribution is 2.16. The Morgan fingerprint density at radius 3 is 2.93 bits per heavy atom. The first-order chi connectivity index (χ1) is 7.13. The third-order valence-corrected chi connectivity index (χ3v) is 3.04. The molecular formula is C10H21N3O2. The van der Waals surface area contributed by atoms with Gasteiger partial charge in [-0.1, -0.05) is 12.1 Å². The number of nitrogens with two attached hydrogens (primary N) is 1. The number of aliphatic hydroxyl groups is 1. The predicted molar refractivity (Wildman–Crippen MR) is 58.9 cm³/mol. The fraction of sp³-hybridized carbons (Fsp3) is 0.900. The van der Waals surface area contributed by atoms with E-state index in [9.17, 15) is 5.11 Å². The summed E-state index contributed by atoms with van der Waals surface area (Å²) < 4.78 is 0. The zero-order valence-corrected chi connectivity index (χ0v) is 9.26. The minimum atomic E-state index is -0.206. The molecule has 1 aliphatic rings. The van der Waals surface area contributed by atoms with Crippen LogP contribution in [0.3, 0.4) is 0 Å². The third kappa shape index (κ3) is 4.05. The summed E-state index contributed by atoms with van der Waals surface area (Å²) in [6, 6.07) is 0. The summed E-state index contributed by atoms with van der Waals surface area (Å²) in [6.45, 7) is 4.77. The number of hydrogen-bond donors (Lipinski definition) is 3. The SMILES string of the molecule is CC1CCN(CCCC(N)=NO)CC1O. The molecule has 88 valence electrons. The number of β-amino-alcohol motifs (C(OH)–C–C–N with tert-alkyl or cyclic N) is 1. The van der Waals surface area contributed by atoms with E-state index in [1.807, 2.05) is 0 Å². The molecule has 1 aliphatic heterocycles. The van der Waals surface area contributed by atoms with Crippen molar-refractivity contribution in [2.75, 3.05) is 19.6 Å². The zero-order valence-electron chi connectivity index (χ0n) is 9.26. The van der Waals surface area contributed by atoms with Crippen molar-refractivity contribution in [3.63, 3.8) is 0 Å². The van der Waals surface area contributed by atoms with Crippen LogP contribution in [0.2, 0.25) is 0 Å². The average Bonchev–Trinajstić information content (AvgIpc) is 2.23. The normalized spacial score (nSPS) is 29.3. The summed E-state index contributed by atoms with van der Waals surface area (Å²) in [7, 11) is 0. The predicted octanol–water partition coefficient (Wildman–Crippen LogP) is 0.216. The second-order valence-corrected chi connectivity index (χ2v) is 4.33. The number of rotatable bonds is 4. The molecule has 0 bridgehead atoms. The van der Waals surface area contributed by atoms with Crippen molar-refractivity contribution in [3.8, 4) is 0 Å². The molecule has 0 radical (unpaired) electrons. The molecule has 0 saturated carbocycles. The summed E-state index contributed by atoms with van der Waals surface area (Å²) in [5.74, 6) is 0.686. The number of aliphatic hydroxyl groups excluding tert-OH is 1. The fourth-order valence-corrected chi connectivity index (χ4v) is 1.85. The number of likely N-dealkylation sites (tertiary alicyclic amines) is 1. The van der Waals surface area contributed by atoms with Crippen LogP contribution >= 0.6 is 0 Å². The standard InChI is InChI=1S/C10H21N3O2/c1-8-4-6-13(7-9(8)14)5-2-3-10(11)12-15/h8-9,14-15H,2-7H2,1H3,(H2,11,12). The van der Waals surface area contributed by atoms with E-state index in [2.05, 4.69) is 17.0 Å². The van der Waals surface area contributed by atoms with Gasteiger partial charge in [0.2, 0.25) is 0 Å². The van der Waals surface area contributed by atoms with Gasteiger partial charge >= 0.3 is 0 Å². The van der Waals surface area contributed by atoms with Crippen LogP contribution < -0.4 is 5.73 Å². The lowest BCUT2D eigenvalue weighted by atomic mass is 9.96. The van der Waals surface area contributed by atoms with Crippen LogP contribution in [-0.2, 0) is 0 Å². The molecule has 2 atom stereocenters. The minimum absolute atomic E-state index is 0.206. The van der Waals surface area contributed by atoms with Crippen LogP contribution in [0, 0.1) is 5.92 Å². The molecule has 0 aromatic carbocycles. The molecule has 5 heteroatoms. The smallest absolute Gasteiger partial charge is 0.139 e. The van der Waals surface area contributed by atoms with Gasteiger partial charge in [0.1, 0.15) is 5.84 Å². The van der Waals surface area contributed by atoms with E-state index in [1.54, 1.807) is 0 Å². The topological polar surface area (TPSA) is 82.1 Å². The van der Waals surface area contributed by atoms with E-state index in [1.165, 1.54) is 0 Å². The first kappa shape index (κ1) is 12.3. The highest BCUT2D eigenvalue weighted by atomic mass is 16.4. The Kier molecular flexibility index (Phi) is 4.84. The molecule has 0 aromatic rings. The number of oxime groups is 1. The molecule has 1 heterocycles. The van der Waals surface area contributed by atoms with Gasteiger partial charge in [-0.15, -0.1) is 0 Å². The summed E-state index contributed by atoms with van der Waals surface area (Å²) in [4.78, 5) is 2.23. The maximum absolute atomic E-state index is 9.67. The molecule has 15 heavy (non-hydrogen) atoms. The quantitative estimate of drug-likeness (QED) is 0.271. The number of hydrogen-bond acceptors (Lipinski definition) is 4. The Bertz CT molecular complexity index is 221. The van der Waals surface area contributed by atoms with Crippen molar-refractivity contribution >= 4 is 5.84 Å². The van der Waals surface area contributed by atoms with Gasteiger partial charge in [0, 0.05) is 13.0 Å².